The minimum atomic E-state index is -0.327. The van der Waals surface area contributed by atoms with E-state index in [4.69, 9.17) is 0 Å². The molecule has 1 amide bonds. The second-order valence-corrected chi connectivity index (χ2v) is 5.59. The number of carbonyl (C=O) groups is 1. The van der Waals surface area contributed by atoms with E-state index in [1.165, 1.54) is 12.1 Å². The molecule has 1 aromatic heterocycles. The van der Waals surface area contributed by atoms with Crippen LogP contribution in [0.4, 0.5) is 10.1 Å². The standard InChI is InChI=1S/C15H11FN2O2S/c16-10-3-1-9(2-4-10)7-14(19)17-11-5-6-12-13(8-11)21-15(20)18-12/h1-6,8H,7H2,(H,17,19)(H,18,20). The Morgan fingerprint density at radius 2 is 1.95 bits per heavy atom. The van der Waals surface area contributed by atoms with Crippen molar-refractivity contribution in [1.82, 2.24) is 4.98 Å². The molecule has 0 aliphatic carbocycles. The fourth-order valence-electron chi connectivity index (χ4n) is 2.02. The molecule has 0 fully saturated rings. The Bertz CT molecular complexity index is 852. The van der Waals surface area contributed by atoms with E-state index in [1.54, 1.807) is 30.3 Å². The van der Waals surface area contributed by atoms with E-state index in [2.05, 4.69) is 10.3 Å². The summed E-state index contributed by atoms with van der Waals surface area (Å²) in [6, 6.07) is 11.0. The molecule has 2 aromatic carbocycles. The van der Waals surface area contributed by atoms with Gasteiger partial charge < -0.3 is 10.3 Å². The molecule has 0 saturated heterocycles. The van der Waals surface area contributed by atoms with Crippen molar-refractivity contribution in [3.05, 3.63) is 63.5 Å². The highest BCUT2D eigenvalue weighted by atomic mass is 32.1. The van der Waals surface area contributed by atoms with Gasteiger partial charge in [0.05, 0.1) is 16.6 Å². The lowest BCUT2D eigenvalue weighted by Gasteiger charge is -2.05. The molecule has 0 aliphatic rings. The van der Waals surface area contributed by atoms with Crippen LogP contribution in [0.5, 0.6) is 0 Å². The number of fused-ring (bicyclic) bond motifs is 1. The van der Waals surface area contributed by atoms with Crippen LogP contribution in [-0.2, 0) is 11.2 Å². The molecule has 0 spiro atoms. The van der Waals surface area contributed by atoms with E-state index in [1.807, 2.05) is 0 Å². The van der Waals surface area contributed by atoms with Crippen LogP contribution in [0, 0.1) is 5.82 Å². The van der Waals surface area contributed by atoms with Gasteiger partial charge in [0.1, 0.15) is 5.82 Å². The number of carbonyl (C=O) groups excluding carboxylic acids is 1. The fourth-order valence-corrected chi connectivity index (χ4v) is 2.79. The van der Waals surface area contributed by atoms with Crippen LogP contribution < -0.4 is 10.2 Å². The Morgan fingerprint density at radius 3 is 2.71 bits per heavy atom. The summed E-state index contributed by atoms with van der Waals surface area (Å²) in [6.45, 7) is 0. The Kier molecular flexibility index (Phi) is 3.53. The number of aromatic amines is 1. The molecule has 0 bridgehead atoms. The quantitative estimate of drug-likeness (QED) is 0.781. The fraction of sp³-hybridized carbons (Fsp3) is 0.0667. The Hall–Kier alpha value is -2.47. The third kappa shape index (κ3) is 3.17. The average Bonchev–Trinajstić information content (AvgIpc) is 2.80. The zero-order valence-electron chi connectivity index (χ0n) is 10.9. The predicted molar refractivity (Wildman–Crippen MR) is 81.2 cm³/mol. The monoisotopic (exact) mass is 302 g/mol. The van der Waals surface area contributed by atoms with Crippen LogP contribution in [0.2, 0.25) is 0 Å². The first-order chi connectivity index (χ1) is 10.1. The normalized spacial score (nSPS) is 10.7. The first-order valence-corrected chi connectivity index (χ1v) is 7.09. The molecule has 3 rings (SSSR count). The summed E-state index contributed by atoms with van der Waals surface area (Å²) in [7, 11) is 0. The zero-order chi connectivity index (χ0) is 14.8. The van der Waals surface area contributed by atoms with Gasteiger partial charge in [-0.15, -0.1) is 0 Å². The summed E-state index contributed by atoms with van der Waals surface area (Å²) >= 11 is 1.09. The lowest BCUT2D eigenvalue weighted by Crippen LogP contribution is -2.14. The zero-order valence-corrected chi connectivity index (χ0v) is 11.7. The second kappa shape index (κ2) is 5.49. The molecule has 4 nitrogen and oxygen atoms in total. The maximum absolute atomic E-state index is 12.8. The summed E-state index contributed by atoms with van der Waals surface area (Å²) in [4.78, 5) is 25.7. The molecule has 0 unspecified atom stereocenters. The maximum Gasteiger partial charge on any atom is 0.305 e. The summed E-state index contributed by atoms with van der Waals surface area (Å²) in [5, 5.41) is 2.76. The molecule has 0 aliphatic heterocycles. The van der Waals surface area contributed by atoms with E-state index in [0.717, 1.165) is 27.1 Å². The van der Waals surface area contributed by atoms with Gasteiger partial charge in [-0.25, -0.2) is 4.39 Å². The Balaban J connectivity index is 1.73. The summed E-state index contributed by atoms with van der Waals surface area (Å²) < 4.78 is 13.6. The van der Waals surface area contributed by atoms with Crippen LogP contribution in [-0.4, -0.2) is 10.9 Å². The van der Waals surface area contributed by atoms with Crippen molar-refractivity contribution < 1.29 is 9.18 Å². The third-order valence-electron chi connectivity index (χ3n) is 2.98. The van der Waals surface area contributed by atoms with Gasteiger partial charge >= 0.3 is 4.87 Å². The predicted octanol–water partition coefficient (Wildman–Crippen LogP) is 2.91. The van der Waals surface area contributed by atoms with Gasteiger partial charge in [-0.2, -0.15) is 0 Å². The van der Waals surface area contributed by atoms with E-state index < -0.39 is 0 Å². The van der Waals surface area contributed by atoms with Gasteiger partial charge in [0, 0.05) is 5.69 Å². The molecule has 2 N–H and O–H groups in total. The lowest BCUT2D eigenvalue weighted by atomic mass is 10.1. The Labute approximate surface area is 123 Å². The first-order valence-electron chi connectivity index (χ1n) is 6.27. The molecule has 106 valence electrons. The first kappa shape index (κ1) is 13.5. The number of nitrogens with one attached hydrogen (secondary N) is 2. The van der Waals surface area contributed by atoms with Gasteiger partial charge in [0.25, 0.3) is 0 Å². The number of thiazole rings is 1. The van der Waals surface area contributed by atoms with Gasteiger partial charge in [-0.05, 0) is 35.9 Å². The molecule has 3 aromatic rings. The summed E-state index contributed by atoms with van der Waals surface area (Å²) in [5.41, 5.74) is 2.12. The SMILES string of the molecule is O=C(Cc1ccc(F)cc1)Nc1ccc2[nH]c(=O)sc2c1. The third-order valence-corrected chi connectivity index (χ3v) is 3.83. The number of aromatic nitrogens is 1. The number of hydrogen-bond donors (Lipinski definition) is 2. The molecule has 21 heavy (non-hydrogen) atoms. The summed E-state index contributed by atoms with van der Waals surface area (Å²) in [5.74, 6) is -0.518. The van der Waals surface area contributed by atoms with Crippen molar-refractivity contribution in [2.24, 2.45) is 0 Å². The van der Waals surface area contributed by atoms with Gasteiger partial charge in [-0.3, -0.25) is 9.59 Å². The van der Waals surface area contributed by atoms with Crippen LogP contribution >= 0.6 is 11.3 Å². The molecular weight excluding hydrogens is 291 g/mol. The number of H-pyrrole nitrogens is 1. The van der Waals surface area contributed by atoms with Crippen molar-refractivity contribution in [2.45, 2.75) is 6.42 Å². The van der Waals surface area contributed by atoms with E-state index in [-0.39, 0.29) is 23.0 Å². The highest BCUT2D eigenvalue weighted by Gasteiger charge is 2.06. The molecule has 0 saturated carbocycles. The van der Waals surface area contributed by atoms with Crippen LogP contribution in [0.3, 0.4) is 0 Å². The van der Waals surface area contributed by atoms with E-state index >= 15 is 0 Å². The topological polar surface area (TPSA) is 62.0 Å². The van der Waals surface area contributed by atoms with Gasteiger partial charge in [-0.1, -0.05) is 23.5 Å². The van der Waals surface area contributed by atoms with Crippen molar-refractivity contribution >= 4 is 33.1 Å². The maximum atomic E-state index is 12.8. The largest absolute Gasteiger partial charge is 0.326 e. The number of halogens is 1. The molecule has 0 radical (unpaired) electrons. The number of benzene rings is 2. The van der Waals surface area contributed by atoms with Crippen molar-refractivity contribution in [3.63, 3.8) is 0 Å². The minimum absolute atomic E-state index is 0.125. The van der Waals surface area contributed by atoms with Crippen LogP contribution in [0.15, 0.2) is 47.3 Å². The van der Waals surface area contributed by atoms with Crippen molar-refractivity contribution in [1.29, 1.82) is 0 Å². The van der Waals surface area contributed by atoms with E-state index in [0.29, 0.717) is 5.69 Å². The smallest absolute Gasteiger partial charge is 0.305 e. The van der Waals surface area contributed by atoms with Gasteiger partial charge in [0.2, 0.25) is 5.91 Å². The molecular formula is C15H11FN2O2S. The highest BCUT2D eigenvalue weighted by Crippen LogP contribution is 2.19. The minimum Gasteiger partial charge on any atom is -0.326 e. The average molecular weight is 302 g/mol. The van der Waals surface area contributed by atoms with E-state index in [9.17, 15) is 14.0 Å². The lowest BCUT2D eigenvalue weighted by molar-refractivity contribution is -0.115. The molecule has 1 heterocycles. The van der Waals surface area contributed by atoms with Crippen molar-refractivity contribution in [2.75, 3.05) is 5.32 Å². The molecule has 6 heteroatoms. The number of hydrogen-bond acceptors (Lipinski definition) is 3. The van der Waals surface area contributed by atoms with Crippen LogP contribution in [0.1, 0.15) is 5.56 Å². The number of amides is 1. The second-order valence-electron chi connectivity index (χ2n) is 4.58. The van der Waals surface area contributed by atoms with Crippen LogP contribution in [0.25, 0.3) is 10.2 Å². The van der Waals surface area contributed by atoms with Gasteiger partial charge in [0.15, 0.2) is 0 Å². The molecule has 0 atom stereocenters. The summed E-state index contributed by atoms with van der Waals surface area (Å²) in [6.07, 6.45) is 0.168. The number of anilines is 1. The van der Waals surface area contributed by atoms with Crippen molar-refractivity contribution in [3.8, 4) is 0 Å². The Morgan fingerprint density at radius 1 is 1.19 bits per heavy atom. The highest BCUT2D eigenvalue weighted by molar-refractivity contribution is 7.16. The number of rotatable bonds is 3.